The van der Waals surface area contributed by atoms with E-state index in [0.717, 1.165) is 24.3 Å². The number of nitro groups is 1. The number of hydrogen-bond donors (Lipinski definition) is 1. The fraction of sp³-hybridized carbons (Fsp3) is 0.333. The second-order valence-corrected chi connectivity index (χ2v) is 4.59. The summed E-state index contributed by atoms with van der Waals surface area (Å²) in [6, 6.07) is 10.3. The van der Waals surface area contributed by atoms with E-state index in [-0.39, 0.29) is 11.9 Å². The van der Waals surface area contributed by atoms with Gasteiger partial charge in [0, 0.05) is 0 Å². The van der Waals surface area contributed by atoms with Crippen LogP contribution in [-0.4, -0.2) is 18.6 Å². The fourth-order valence-electron chi connectivity index (χ4n) is 2.06. The van der Waals surface area contributed by atoms with Crippen LogP contribution >= 0.6 is 0 Å². The van der Waals surface area contributed by atoms with Crippen molar-refractivity contribution in [1.29, 1.82) is 0 Å². The highest BCUT2D eigenvalue weighted by Gasteiger charge is 2.21. The van der Waals surface area contributed by atoms with Gasteiger partial charge in [0.25, 0.3) is 0 Å². The van der Waals surface area contributed by atoms with E-state index in [9.17, 15) is 10.1 Å². The van der Waals surface area contributed by atoms with Crippen LogP contribution in [0.5, 0.6) is 5.75 Å². The van der Waals surface area contributed by atoms with Crippen molar-refractivity contribution in [2.24, 2.45) is 0 Å². The lowest BCUT2D eigenvalue weighted by atomic mass is 10.0. The van der Waals surface area contributed by atoms with E-state index >= 15 is 0 Å². The van der Waals surface area contributed by atoms with Crippen molar-refractivity contribution in [3.05, 3.63) is 57.8 Å². The molecule has 1 atom stereocenters. The van der Waals surface area contributed by atoms with E-state index in [1.165, 1.54) is 6.07 Å². The molecule has 0 aliphatic carbocycles. The van der Waals surface area contributed by atoms with Gasteiger partial charge in [-0.25, -0.2) is 0 Å². The maximum atomic E-state index is 10.7. The summed E-state index contributed by atoms with van der Waals surface area (Å²) in [5, 5.41) is 14.1. The minimum absolute atomic E-state index is 0.218. The number of nitrogens with zero attached hydrogens (tertiary/aromatic N) is 1. The average Bonchev–Trinajstić information content (AvgIpc) is 2.98. The summed E-state index contributed by atoms with van der Waals surface area (Å²) in [6.45, 7) is 2.84. The van der Waals surface area contributed by atoms with Gasteiger partial charge in [0.1, 0.15) is 16.4 Å². The number of benzene rings is 1. The quantitative estimate of drug-likeness (QED) is 0.625. The fourth-order valence-corrected chi connectivity index (χ4v) is 2.06. The van der Waals surface area contributed by atoms with E-state index in [0.29, 0.717) is 5.76 Å². The average molecular weight is 290 g/mol. The maximum absolute atomic E-state index is 10.7. The first-order chi connectivity index (χ1) is 10.2. The van der Waals surface area contributed by atoms with Gasteiger partial charge < -0.3 is 14.5 Å². The zero-order valence-electron chi connectivity index (χ0n) is 12.0. The van der Waals surface area contributed by atoms with Crippen molar-refractivity contribution < 1.29 is 14.1 Å². The molecule has 0 bridgehead atoms. The summed E-state index contributed by atoms with van der Waals surface area (Å²) in [5.74, 6) is 1.04. The Kier molecular flexibility index (Phi) is 4.94. The number of methoxy groups -OCH3 is 1. The van der Waals surface area contributed by atoms with Gasteiger partial charge in [-0.05, 0) is 36.7 Å². The van der Waals surface area contributed by atoms with Crippen LogP contribution in [0.1, 0.15) is 30.7 Å². The molecule has 0 spiro atoms. The van der Waals surface area contributed by atoms with Crippen molar-refractivity contribution in [3.8, 4) is 5.75 Å². The van der Waals surface area contributed by atoms with Crippen molar-refractivity contribution in [2.75, 3.05) is 13.7 Å². The first-order valence-electron chi connectivity index (χ1n) is 6.77. The predicted octanol–water partition coefficient (Wildman–Crippen LogP) is 3.29. The molecule has 0 aliphatic rings. The van der Waals surface area contributed by atoms with E-state index in [1.807, 2.05) is 24.3 Å². The molecule has 1 aromatic carbocycles. The predicted molar refractivity (Wildman–Crippen MR) is 78.5 cm³/mol. The Bertz CT molecular complexity index is 592. The number of ether oxygens (including phenoxy) is 1. The van der Waals surface area contributed by atoms with Crippen LogP contribution in [0.3, 0.4) is 0 Å². The standard InChI is InChI=1S/C15H18N2O4/c1-3-10-16-15(11-4-6-12(20-2)7-5-11)13-8-9-14(21-13)17(18)19/h4-9,15-16H,3,10H2,1-2H3. The van der Waals surface area contributed by atoms with Crippen LogP contribution in [0.15, 0.2) is 40.8 Å². The van der Waals surface area contributed by atoms with Gasteiger partial charge in [0.05, 0.1) is 19.2 Å². The molecule has 1 aromatic heterocycles. The van der Waals surface area contributed by atoms with E-state index in [2.05, 4.69) is 12.2 Å². The molecule has 0 saturated heterocycles. The Morgan fingerprint density at radius 2 is 2.00 bits per heavy atom. The summed E-state index contributed by atoms with van der Waals surface area (Å²) in [6.07, 6.45) is 0.954. The Morgan fingerprint density at radius 3 is 2.52 bits per heavy atom. The van der Waals surface area contributed by atoms with Crippen molar-refractivity contribution in [2.45, 2.75) is 19.4 Å². The summed E-state index contributed by atoms with van der Waals surface area (Å²) in [4.78, 5) is 10.2. The minimum atomic E-state index is -0.533. The third kappa shape index (κ3) is 3.61. The molecule has 21 heavy (non-hydrogen) atoms. The lowest BCUT2D eigenvalue weighted by Crippen LogP contribution is -2.22. The molecule has 6 nitrogen and oxygen atoms in total. The third-order valence-corrected chi connectivity index (χ3v) is 3.12. The Balaban J connectivity index is 2.29. The number of furan rings is 1. The van der Waals surface area contributed by atoms with Crippen LogP contribution in [0.25, 0.3) is 0 Å². The van der Waals surface area contributed by atoms with Crippen molar-refractivity contribution >= 4 is 5.88 Å². The second kappa shape index (κ2) is 6.90. The third-order valence-electron chi connectivity index (χ3n) is 3.12. The van der Waals surface area contributed by atoms with Crippen LogP contribution in [0, 0.1) is 10.1 Å². The first-order valence-corrected chi connectivity index (χ1v) is 6.77. The van der Waals surface area contributed by atoms with Gasteiger partial charge in [-0.3, -0.25) is 10.1 Å². The van der Waals surface area contributed by atoms with E-state index in [4.69, 9.17) is 9.15 Å². The van der Waals surface area contributed by atoms with Gasteiger partial charge in [0.15, 0.2) is 0 Å². The molecular formula is C15H18N2O4. The molecule has 0 amide bonds. The summed E-state index contributed by atoms with van der Waals surface area (Å²) in [5.41, 5.74) is 0.966. The van der Waals surface area contributed by atoms with Crippen molar-refractivity contribution in [1.82, 2.24) is 5.32 Å². The molecule has 2 rings (SSSR count). The lowest BCUT2D eigenvalue weighted by molar-refractivity contribution is -0.402. The highest BCUT2D eigenvalue weighted by atomic mass is 16.6. The molecule has 0 saturated carbocycles. The molecule has 1 heterocycles. The molecule has 1 unspecified atom stereocenters. The Hall–Kier alpha value is -2.34. The Labute approximate surface area is 122 Å². The SMILES string of the molecule is CCCNC(c1ccc(OC)cc1)c1ccc([N+](=O)[O-])o1. The summed E-state index contributed by atoms with van der Waals surface area (Å²) in [7, 11) is 1.61. The van der Waals surface area contributed by atoms with Gasteiger partial charge in [-0.15, -0.1) is 0 Å². The summed E-state index contributed by atoms with van der Waals surface area (Å²) >= 11 is 0. The number of rotatable bonds is 7. The number of hydrogen-bond acceptors (Lipinski definition) is 5. The maximum Gasteiger partial charge on any atom is 0.433 e. The van der Waals surface area contributed by atoms with Gasteiger partial charge >= 0.3 is 5.88 Å². The molecule has 0 fully saturated rings. The summed E-state index contributed by atoms with van der Waals surface area (Å²) < 4.78 is 10.5. The van der Waals surface area contributed by atoms with Crippen LogP contribution in [-0.2, 0) is 0 Å². The van der Waals surface area contributed by atoms with E-state index < -0.39 is 4.92 Å². The highest BCUT2D eigenvalue weighted by molar-refractivity contribution is 5.34. The molecular weight excluding hydrogens is 272 g/mol. The normalized spacial score (nSPS) is 12.1. The zero-order valence-corrected chi connectivity index (χ0v) is 12.0. The molecule has 112 valence electrons. The molecule has 2 aromatic rings. The highest BCUT2D eigenvalue weighted by Crippen LogP contribution is 2.28. The zero-order chi connectivity index (χ0) is 15.2. The smallest absolute Gasteiger partial charge is 0.433 e. The largest absolute Gasteiger partial charge is 0.497 e. The first kappa shape index (κ1) is 15.1. The van der Waals surface area contributed by atoms with Gasteiger partial charge in [0.2, 0.25) is 0 Å². The van der Waals surface area contributed by atoms with Gasteiger partial charge in [-0.2, -0.15) is 0 Å². The van der Waals surface area contributed by atoms with Crippen LogP contribution in [0.4, 0.5) is 5.88 Å². The van der Waals surface area contributed by atoms with Gasteiger partial charge in [-0.1, -0.05) is 19.1 Å². The lowest BCUT2D eigenvalue weighted by Gasteiger charge is -2.16. The molecule has 0 radical (unpaired) electrons. The monoisotopic (exact) mass is 290 g/mol. The topological polar surface area (TPSA) is 77.5 Å². The van der Waals surface area contributed by atoms with Crippen molar-refractivity contribution in [3.63, 3.8) is 0 Å². The molecule has 6 heteroatoms. The minimum Gasteiger partial charge on any atom is -0.497 e. The Morgan fingerprint density at radius 1 is 1.29 bits per heavy atom. The number of nitrogens with one attached hydrogen (secondary N) is 1. The molecule has 1 N–H and O–H groups in total. The van der Waals surface area contributed by atoms with Crippen LogP contribution < -0.4 is 10.1 Å². The van der Waals surface area contributed by atoms with E-state index in [1.54, 1.807) is 13.2 Å². The van der Waals surface area contributed by atoms with Crippen LogP contribution in [0.2, 0.25) is 0 Å². The molecule has 0 aliphatic heterocycles. The second-order valence-electron chi connectivity index (χ2n) is 4.59.